The van der Waals surface area contributed by atoms with Gasteiger partial charge in [-0.15, -0.1) is 0 Å². The first-order valence-electron chi connectivity index (χ1n) is 26.7. The molecule has 0 amide bonds. The lowest BCUT2D eigenvalue weighted by atomic mass is 10.0. The maximum Gasteiger partial charge on any atom is 0.306 e. The van der Waals surface area contributed by atoms with E-state index in [2.05, 4.69) is 32.9 Å². The topological polar surface area (TPSA) is 78.9 Å². The van der Waals surface area contributed by atoms with Crippen molar-refractivity contribution >= 4 is 17.9 Å². The van der Waals surface area contributed by atoms with Gasteiger partial charge in [-0.05, 0) is 44.9 Å². The molecule has 6 heteroatoms. The smallest absolute Gasteiger partial charge is 0.306 e. The number of ether oxygens (including phenoxy) is 3. The lowest BCUT2D eigenvalue weighted by molar-refractivity contribution is -0.167. The van der Waals surface area contributed by atoms with Crippen molar-refractivity contribution in [3.8, 4) is 0 Å². The van der Waals surface area contributed by atoms with Gasteiger partial charge in [0.1, 0.15) is 13.2 Å². The third-order valence-corrected chi connectivity index (χ3v) is 12.0. The van der Waals surface area contributed by atoms with E-state index in [1.165, 1.54) is 186 Å². The summed E-state index contributed by atoms with van der Waals surface area (Å²) in [6.07, 6.45) is 55.4. The molecule has 0 aliphatic heterocycles. The van der Waals surface area contributed by atoms with Crippen LogP contribution in [-0.2, 0) is 28.6 Å². The summed E-state index contributed by atoms with van der Waals surface area (Å²) in [4.78, 5) is 37.6. The summed E-state index contributed by atoms with van der Waals surface area (Å²) in [5, 5.41) is 0. The predicted molar refractivity (Wildman–Crippen MR) is 256 cm³/mol. The number of unbranched alkanes of at least 4 members (excludes halogenated alkanes) is 36. The maximum atomic E-state index is 12.7. The summed E-state index contributed by atoms with van der Waals surface area (Å²) in [5.41, 5.74) is 0. The Labute approximate surface area is 373 Å². The zero-order chi connectivity index (χ0) is 43.7. The molecule has 1 unspecified atom stereocenters. The molecular weight excluding hydrogens is 745 g/mol. The van der Waals surface area contributed by atoms with Crippen LogP contribution in [0.15, 0.2) is 12.2 Å². The van der Waals surface area contributed by atoms with E-state index >= 15 is 0 Å². The second kappa shape index (κ2) is 49.8. The van der Waals surface area contributed by atoms with Crippen molar-refractivity contribution < 1.29 is 28.6 Å². The molecule has 0 aliphatic rings. The minimum Gasteiger partial charge on any atom is -0.462 e. The number of hydrogen-bond donors (Lipinski definition) is 0. The Morgan fingerprint density at radius 2 is 0.550 bits per heavy atom. The van der Waals surface area contributed by atoms with Gasteiger partial charge in [-0.2, -0.15) is 0 Å². The Kier molecular flexibility index (Phi) is 48.3. The number of allylic oxidation sites excluding steroid dienone is 2. The van der Waals surface area contributed by atoms with E-state index in [9.17, 15) is 14.4 Å². The minimum atomic E-state index is -0.765. The Balaban J connectivity index is 3.97. The summed E-state index contributed by atoms with van der Waals surface area (Å²) < 4.78 is 16.7. The highest BCUT2D eigenvalue weighted by Crippen LogP contribution is 2.17. The van der Waals surface area contributed by atoms with Crippen LogP contribution in [-0.4, -0.2) is 37.2 Å². The molecule has 60 heavy (non-hydrogen) atoms. The van der Waals surface area contributed by atoms with Gasteiger partial charge in [0.05, 0.1) is 0 Å². The fourth-order valence-corrected chi connectivity index (χ4v) is 7.97. The molecular formula is C54H102O6. The van der Waals surface area contributed by atoms with Crippen molar-refractivity contribution in [3.63, 3.8) is 0 Å². The molecule has 0 aromatic rings. The standard InChI is InChI=1S/C54H102O6/c1-4-7-10-13-15-17-19-21-22-23-24-25-26-27-28-29-30-31-32-33-35-36-38-41-44-47-53(56)59-50-51(49-58-52(55)46-43-40-12-9-6-3)60-54(57)48-45-42-39-37-34-20-18-16-14-11-8-5-2/h16,18,51H,4-15,17,19-50H2,1-3H3/b18-16-. The molecule has 0 rings (SSSR count). The van der Waals surface area contributed by atoms with Gasteiger partial charge in [-0.3, -0.25) is 14.4 Å². The molecule has 0 aromatic heterocycles. The zero-order valence-electron chi connectivity index (χ0n) is 40.5. The first-order chi connectivity index (χ1) is 29.5. The minimum absolute atomic E-state index is 0.0697. The van der Waals surface area contributed by atoms with E-state index in [0.717, 1.165) is 70.6 Å². The molecule has 6 nitrogen and oxygen atoms in total. The Bertz CT molecular complexity index is 931. The lowest BCUT2D eigenvalue weighted by Crippen LogP contribution is -2.30. The average Bonchev–Trinajstić information content (AvgIpc) is 3.24. The second-order valence-electron chi connectivity index (χ2n) is 18.2. The first kappa shape index (κ1) is 58.1. The van der Waals surface area contributed by atoms with Crippen LogP contribution < -0.4 is 0 Å². The fourth-order valence-electron chi connectivity index (χ4n) is 7.97. The summed E-state index contributed by atoms with van der Waals surface area (Å²) in [6.45, 7) is 6.56. The molecule has 0 aliphatic carbocycles. The molecule has 354 valence electrons. The molecule has 0 bridgehead atoms. The monoisotopic (exact) mass is 847 g/mol. The van der Waals surface area contributed by atoms with Crippen LogP contribution in [0.5, 0.6) is 0 Å². The summed E-state index contributed by atoms with van der Waals surface area (Å²) >= 11 is 0. The van der Waals surface area contributed by atoms with Crippen molar-refractivity contribution in [3.05, 3.63) is 12.2 Å². The third-order valence-electron chi connectivity index (χ3n) is 12.0. The molecule has 0 fully saturated rings. The highest BCUT2D eigenvalue weighted by molar-refractivity contribution is 5.71. The van der Waals surface area contributed by atoms with E-state index in [1.54, 1.807) is 0 Å². The molecule has 0 aromatic carbocycles. The van der Waals surface area contributed by atoms with Crippen LogP contribution in [0.25, 0.3) is 0 Å². The first-order valence-corrected chi connectivity index (χ1v) is 26.7. The van der Waals surface area contributed by atoms with Crippen LogP contribution in [0.4, 0.5) is 0 Å². The van der Waals surface area contributed by atoms with Gasteiger partial charge in [0, 0.05) is 19.3 Å². The number of esters is 3. The van der Waals surface area contributed by atoms with Crippen molar-refractivity contribution in [1.29, 1.82) is 0 Å². The quantitative estimate of drug-likeness (QED) is 0.0263. The largest absolute Gasteiger partial charge is 0.462 e. The van der Waals surface area contributed by atoms with E-state index in [4.69, 9.17) is 14.2 Å². The van der Waals surface area contributed by atoms with Gasteiger partial charge in [0.25, 0.3) is 0 Å². The molecule has 0 N–H and O–H groups in total. The average molecular weight is 847 g/mol. The van der Waals surface area contributed by atoms with Crippen LogP contribution in [0.2, 0.25) is 0 Å². The highest BCUT2D eigenvalue weighted by Gasteiger charge is 2.19. The summed E-state index contributed by atoms with van der Waals surface area (Å²) in [5.74, 6) is -0.879. The fraction of sp³-hybridized carbons (Fsp3) is 0.907. The number of hydrogen-bond acceptors (Lipinski definition) is 6. The zero-order valence-corrected chi connectivity index (χ0v) is 40.5. The van der Waals surface area contributed by atoms with Crippen LogP contribution in [0, 0.1) is 0 Å². The van der Waals surface area contributed by atoms with Gasteiger partial charge in [-0.1, -0.05) is 245 Å². The van der Waals surface area contributed by atoms with Crippen molar-refractivity contribution in [1.82, 2.24) is 0 Å². The Morgan fingerprint density at radius 1 is 0.317 bits per heavy atom. The van der Waals surface area contributed by atoms with Crippen molar-refractivity contribution in [2.45, 2.75) is 303 Å². The molecule has 0 radical (unpaired) electrons. The lowest BCUT2D eigenvalue weighted by Gasteiger charge is -2.18. The normalized spacial score (nSPS) is 12.0. The SMILES string of the molecule is CCCCC/C=C\CCCCCCCC(=O)OC(COC(=O)CCCCCCC)COC(=O)CCCCCCCCCCCCCCCCCCCCCCCCCCC. The van der Waals surface area contributed by atoms with Crippen molar-refractivity contribution in [2.24, 2.45) is 0 Å². The summed E-state index contributed by atoms with van der Waals surface area (Å²) in [7, 11) is 0. The van der Waals surface area contributed by atoms with Crippen molar-refractivity contribution in [2.75, 3.05) is 13.2 Å². The summed E-state index contributed by atoms with van der Waals surface area (Å²) in [6, 6.07) is 0. The van der Waals surface area contributed by atoms with Gasteiger partial charge < -0.3 is 14.2 Å². The van der Waals surface area contributed by atoms with E-state index in [1.807, 2.05) is 0 Å². The molecule has 0 saturated heterocycles. The Hall–Kier alpha value is -1.85. The maximum absolute atomic E-state index is 12.7. The van der Waals surface area contributed by atoms with Gasteiger partial charge >= 0.3 is 17.9 Å². The molecule has 0 saturated carbocycles. The van der Waals surface area contributed by atoms with E-state index in [-0.39, 0.29) is 31.1 Å². The number of carbonyl (C=O) groups excluding carboxylic acids is 3. The van der Waals surface area contributed by atoms with Gasteiger partial charge in [0.15, 0.2) is 6.10 Å². The van der Waals surface area contributed by atoms with Gasteiger partial charge in [-0.25, -0.2) is 0 Å². The third kappa shape index (κ3) is 47.2. The van der Waals surface area contributed by atoms with Crippen LogP contribution in [0.1, 0.15) is 297 Å². The van der Waals surface area contributed by atoms with Crippen LogP contribution in [0.3, 0.4) is 0 Å². The van der Waals surface area contributed by atoms with E-state index < -0.39 is 6.10 Å². The Morgan fingerprint density at radius 3 is 0.867 bits per heavy atom. The molecule has 1 atom stereocenters. The predicted octanol–water partition coefficient (Wildman–Crippen LogP) is 17.4. The molecule has 0 heterocycles. The number of carbonyl (C=O) groups is 3. The molecule has 0 spiro atoms. The highest BCUT2D eigenvalue weighted by atomic mass is 16.6. The van der Waals surface area contributed by atoms with Gasteiger partial charge in [0.2, 0.25) is 0 Å². The number of rotatable bonds is 49. The second-order valence-corrected chi connectivity index (χ2v) is 18.2. The van der Waals surface area contributed by atoms with Crippen LogP contribution >= 0.6 is 0 Å². The van der Waals surface area contributed by atoms with E-state index in [0.29, 0.717) is 19.3 Å².